The lowest BCUT2D eigenvalue weighted by Gasteiger charge is -2.03. The van der Waals surface area contributed by atoms with Gasteiger partial charge < -0.3 is 4.98 Å². The topological polar surface area (TPSA) is 28.1 Å². The van der Waals surface area contributed by atoms with Crippen LogP contribution < -0.4 is 0 Å². The molecule has 1 aromatic heterocycles. The fourth-order valence-electron chi connectivity index (χ4n) is 4.60. The Bertz CT molecular complexity index is 1550. The maximum absolute atomic E-state index is 5.11. The Morgan fingerprint density at radius 3 is 1.88 bits per heavy atom. The van der Waals surface area contributed by atoms with E-state index in [9.17, 15) is 0 Å². The van der Waals surface area contributed by atoms with Gasteiger partial charge in [0, 0.05) is 33.2 Å². The molecule has 1 N–H and O–H groups in total. The van der Waals surface area contributed by atoms with Crippen LogP contribution in [0.15, 0.2) is 102 Å². The third-order valence-electron chi connectivity index (χ3n) is 6.38. The quantitative estimate of drug-likeness (QED) is 0.306. The lowest BCUT2D eigenvalue weighted by atomic mass is 9.98. The molecule has 1 aliphatic heterocycles. The molecule has 2 heterocycles. The number of aliphatic imine (C=N–C) groups is 1. The van der Waals surface area contributed by atoms with Crippen LogP contribution >= 0.6 is 0 Å². The average molecular weight is 425 g/mol. The van der Waals surface area contributed by atoms with Gasteiger partial charge in [0.25, 0.3) is 0 Å². The number of rotatable bonds is 3. The maximum atomic E-state index is 5.11. The minimum absolute atomic E-state index is 0.989. The Morgan fingerprint density at radius 1 is 0.606 bits per heavy atom. The van der Waals surface area contributed by atoms with E-state index in [1.807, 2.05) is 0 Å². The molecule has 0 bridgehead atoms. The molecule has 0 radical (unpaired) electrons. The first-order valence-electron chi connectivity index (χ1n) is 11.3. The second kappa shape index (κ2) is 7.75. The molecule has 0 fully saturated rings. The zero-order valence-electron chi connectivity index (χ0n) is 18.8. The van der Waals surface area contributed by atoms with Crippen LogP contribution in [0.25, 0.3) is 33.8 Å². The molecular formula is C31H24N2. The van der Waals surface area contributed by atoms with Crippen molar-refractivity contribution in [3.63, 3.8) is 0 Å². The van der Waals surface area contributed by atoms with Crippen LogP contribution in [0, 0.1) is 13.8 Å². The Labute approximate surface area is 194 Å². The van der Waals surface area contributed by atoms with Crippen molar-refractivity contribution >= 4 is 28.3 Å². The monoisotopic (exact) mass is 424 g/mol. The van der Waals surface area contributed by atoms with E-state index in [1.54, 1.807) is 0 Å². The van der Waals surface area contributed by atoms with Crippen molar-refractivity contribution < 1.29 is 0 Å². The van der Waals surface area contributed by atoms with E-state index in [0.717, 1.165) is 28.4 Å². The van der Waals surface area contributed by atoms with Crippen molar-refractivity contribution in [3.8, 4) is 11.3 Å². The number of hydrogen-bond acceptors (Lipinski definition) is 1. The summed E-state index contributed by atoms with van der Waals surface area (Å²) in [6, 6.07) is 34.4. The predicted molar refractivity (Wildman–Crippen MR) is 140 cm³/mol. The van der Waals surface area contributed by atoms with Gasteiger partial charge in [-0.2, -0.15) is 0 Å². The summed E-state index contributed by atoms with van der Waals surface area (Å²) in [6.07, 6.45) is 2.19. The van der Waals surface area contributed by atoms with Gasteiger partial charge in [-0.25, -0.2) is 4.99 Å². The van der Waals surface area contributed by atoms with Crippen LogP contribution in [0.5, 0.6) is 0 Å². The molecule has 4 aromatic carbocycles. The van der Waals surface area contributed by atoms with E-state index < -0.39 is 0 Å². The van der Waals surface area contributed by atoms with E-state index in [2.05, 4.69) is 122 Å². The van der Waals surface area contributed by atoms with Gasteiger partial charge in [-0.05, 0) is 25.5 Å². The summed E-state index contributed by atoms with van der Waals surface area (Å²) in [6.45, 7) is 4.23. The lowest BCUT2D eigenvalue weighted by molar-refractivity contribution is 1.37. The van der Waals surface area contributed by atoms with Gasteiger partial charge >= 0.3 is 0 Å². The summed E-state index contributed by atoms with van der Waals surface area (Å²) in [4.78, 5) is 8.81. The second-order valence-electron chi connectivity index (χ2n) is 8.73. The third kappa shape index (κ3) is 3.41. The van der Waals surface area contributed by atoms with E-state index in [1.165, 1.54) is 38.6 Å². The number of hydrogen-bond donors (Lipinski definition) is 1. The van der Waals surface area contributed by atoms with Gasteiger partial charge in [0.1, 0.15) is 0 Å². The number of aryl methyl sites for hydroxylation is 2. The van der Waals surface area contributed by atoms with Gasteiger partial charge in [0.15, 0.2) is 0 Å². The molecular weight excluding hydrogens is 400 g/mol. The number of H-pyrrole nitrogens is 1. The van der Waals surface area contributed by atoms with Gasteiger partial charge in [0.05, 0.1) is 17.1 Å². The maximum Gasteiger partial charge on any atom is 0.0788 e. The van der Waals surface area contributed by atoms with Crippen LogP contribution in [-0.4, -0.2) is 10.7 Å². The molecule has 2 nitrogen and oxygen atoms in total. The Hall–Kier alpha value is -4.17. The van der Waals surface area contributed by atoms with Gasteiger partial charge in [-0.15, -0.1) is 0 Å². The number of fused-ring (bicyclic) bond motifs is 2. The molecule has 5 aromatic rings. The number of aromatic nitrogens is 1. The highest BCUT2D eigenvalue weighted by atomic mass is 14.8. The summed E-state index contributed by atoms with van der Waals surface area (Å²) in [5, 5.41) is 2.43. The van der Waals surface area contributed by atoms with E-state index in [0.29, 0.717) is 0 Å². The summed E-state index contributed by atoms with van der Waals surface area (Å²) in [5.74, 6) is 0. The molecule has 0 unspecified atom stereocenters. The van der Waals surface area contributed by atoms with Gasteiger partial charge in [-0.3, -0.25) is 0 Å². The summed E-state index contributed by atoms with van der Waals surface area (Å²) < 4.78 is 0. The largest absolute Gasteiger partial charge is 0.354 e. The first-order valence-corrected chi connectivity index (χ1v) is 11.3. The standard InChI is InChI=1S/C31H24N2/c1-20-11-15-22(16-12-20)30-26-9-5-3-7-24(26)28(32-30)19-29-25-8-4-6-10-27(25)31(33-29)23-17-13-21(2)14-18-23/h3-19,32H,1-2H3. The van der Waals surface area contributed by atoms with Crippen molar-refractivity contribution in [2.45, 2.75) is 13.8 Å². The van der Waals surface area contributed by atoms with Crippen LogP contribution in [0.3, 0.4) is 0 Å². The fourth-order valence-corrected chi connectivity index (χ4v) is 4.60. The summed E-state index contributed by atoms with van der Waals surface area (Å²) >= 11 is 0. The zero-order chi connectivity index (χ0) is 22.4. The summed E-state index contributed by atoms with van der Waals surface area (Å²) in [7, 11) is 0. The van der Waals surface area contributed by atoms with Crippen LogP contribution in [-0.2, 0) is 0 Å². The molecule has 0 saturated heterocycles. The molecule has 0 amide bonds. The van der Waals surface area contributed by atoms with Crippen molar-refractivity contribution in [2.24, 2.45) is 4.99 Å². The molecule has 0 saturated carbocycles. The number of aromatic amines is 1. The highest BCUT2D eigenvalue weighted by molar-refractivity contribution is 6.22. The molecule has 0 aliphatic carbocycles. The molecule has 1 aliphatic rings. The van der Waals surface area contributed by atoms with Crippen molar-refractivity contribution in [1.29, 1.82) is 0 Å². The average Bonchev–Trinajstić information content (AvgIpc) is 3.40. The SMILES string of the molecule is Cc1ccc(C2=NC(=Cc3[nH]c(-c4ccc(C)cc4)c4ccccc34)c3ccccc32)cc1. The first-order chi connectivity index (χ1) is 16.2. The normalized spacial score (nSPS) is 14.0. The predicted octanol–water partition coefficient (Wildman–Crippen LogP) is 7.80. The molecule has 158 valence electrons. The molecule has 33 heavy (non-hydrogen) atoms. The minimum Gasteiger partial charge on any atom is -0.354 e. The van der Waals surface area contributed by atoms with Crippen molar-refractivity contribution in [3.05, 3.63) is 131 Å². The zero-order valence-corrected chi connectivity index (χ0v) is 18.8. The van der Waals surface area contributed by atoms with E-state index in [4.69, 9.17) is 4.99 Å². The van der Waals surface area contributed by atoms with Gasteiger partial charge in [-0.1, -0.05) is 108 Å². The van der Waals surface area contributed by atoms with Crippen molar-refractivity contribution in [2.75, 3.05) is 0 Å². The molecule has 0 spiro atoms. The minimum atomic E-state index is 0.989. The number of nitrogens with zero attached hydrogens (tertiary/aromatic N) is 1. The Morgan fingerprint density at radius 2 is 1.18 bits per heavy atom. The lowest BCUT2D eigenvalue weighted by Crippen LogP contribution is -2.00. The highest BCUT2D eigenvalue weighted by Crippen LogP contribution is 2.36. The molecule has 6 rings (SSSR count). The first kappa shape index (κ1) is 19.5. The second-order valence-corrected chi connectivity index (χ2v) is 8.73. The van der Waals surface area contributed by atoms with Crippen LogP contribution in [0.1, 0.15) is 33.5 Å². The number of benzene rings is 4. The Balaban J connectivity index is 1.53. The smallest absolute Gasteiger partial charge is 0.0788 e. The third-order valence-corrected chi connectivity index (χ3v) is 6.38. The van der Waals surface area contributed by atoms with Crippen molar-refractivity contribution in [1.82, 2.24) is 4.98 Å². The van der Waals surface area contributed by atoms with Gasteiger partial charge in [0.2, 0.25) is 0 Å². The van der Waals surface area contributed by atoms with E-state index in [-0.39, 0.29) is 0 Å². The Kier molecular flexibility index (Phi) is 4.58. The summed E-state index contributed by atoms with van der Waals surface area (Å²) in [5.41, 5.74) is 11.5. The fraction of sp³-hybridized carbons (Fsp3) is 0.0645. The van der Waals surface area contributed by atoms with Crippen LogP contribution in [0.4, 0.5) is 0 Å². The molecule has 0 atom stereocenters. The van der Waals surface area contributed by atoms with E-state index >= 15 is 0 Å². The molecule has 2 heteroatoms. The highest BCUT2D eigenvalue weighted by Gasteiger charge is 2.22. The number of nitrogens with one attached hydrogen (secondary N) is 1. The van der Waals surface area contributed by atoms with Crippen LogP contribution in [0.2, 0.25) is 0 Å².